The molecular formula is C16H26O3S. The van der Waals surface area contributed by atoms with Gasteiger partial charge < -0.3 is 0 Å². The highest BCUT2D eigenvalue weighted by atomic mass is 32.2. The monoisotopic (exact) mass is 298 g/mol. The molecular weight excluding hydrogens is 272 g/mol. The van der Waals surface area contributed by atoms with Crippen molar-refractivity contribution in [3.05, 3.63) is 29.8 Å². The molecule has 0 heterocycles. The molecule has 0 saturated heterocycles. The zero-order valence-corrected chi connectivity index (χ0v) is 14.1. The van der Waals surface area contributed by atoms with Crippen LogP contribution < -0.4 is 0 Å². The zero-order valence-electron chi connectivity index (χ0n) is 13.3. The van der Waals surface area contributed by atoms with Gasteiger partial charge in [-0.3, -0.25) is 4.55 Å². The van der Waals surface area contributed by atoms with Crippen LogP contribution in [0.4, 0.5) is 0 Å². The van der Waals surface area contributed by atoms with Gasteiger partial charge in [-0.05, 0) is 40.9 Å². The van der Waals surface area contributed by atoms with Gasteiger partial charge in [0, 0.05) is 0 Å². The predicted molar refractivity (Wildman–Crippen MR) is 82.5 cm³/mol. The first kappa shape index (κ1) is 17.2. The molecule has 0 radical (unpaired) electrons. The summed E-state index contributed by atoms with van der Waals surface area (Å²) in [5.41, 5.74) is 1.40. The minimum atomic E-state index is -4.12. The van der Waals surface area contributed by atoms with Crippen LogP contribution in [0.2, 0.25) is 0 Å². The molecule has 0 aliphatic rings. The SMILES string of the molecule is CC(C)(C)CC(c1ccc(S(=O)(=O)O)cc1)C(C)(C)C. The van der Waals surface area contributed by atoms with Gasteiger partial charge in [0.2, 0.25) is 0 Å². The van der Waals surface area contributed by atoms with E-state index in [0.717, 1.165) is 12.0 Å². The molecule has 0 fully saturated rings. The van der Waals surface area contributed by atoms with Gasteiger partial charge >= 0.3 is 0 Å². The number of rotatable bonds is 3. The van der Waals surface area contributed by atoms with Crippen molar-refractivity contribution in [3.63, 3.8) is 0 Å². The van der Waals surface area contributed by atoms with Gasteiger partial charge in [0.25, 0.3) is 10.1 Å². The molecule has 0 aliphatic heterocycles. The van der Waals surface area contributed by atoms with Crippen LogP contribution >= 0.6 is 0 Å². The van der Waals surface area contributed by atoms with Crippen molar-refractivity contribution in [3.8, 4) is 0 Å². The molecule has 3 nitrogen and oxygen atoms in total. The van der Waals surface area contributed by atoms with Crippen LogP contribution in [-0.4, -0.2) is 13.0 Å². The number of hydrogen-bond donors (Lipinski definition) is 1. The van der Waals surface area contributed by atoms with Crippen LogP contribution in [-0.2, 0) is 10.1 Å². The van der Waals surface area contributed by atoms with E-state index in [2.05, 4.69) is 41.5 Å². The predicted octanol–water partition coefficient (Wildman–Crippen LogP) is 4.50. The van der Waals surface area contributed by atoms with Crippen molar-refractivity contribution >= 4 is 10.1 Å². The van der Waals surface area contributed by atoms with Gasteiger partial charge in [-0.1, -0.05) is 53.7 Å². The van der Waals surface area contributed by atoms with E-state index >= 15 is 0 Å². The molecule has 1 unspecified atom stereocenters. The third-order valence-electron chi connectivity index (χ3n) is 3.44. The Labute approximate surface area is 123 Å². The van der Waals surface area contributed by atoms with Crippen molar-refractivity contribution in [1.29, 1.82) is 0 Å². The van der Waals surface area contributed by atoms with E-state index in [0.29, 0.717) is 5.92 Å². The third-order valence-corrected chi connectivity index (χ3v) is 4.31. The minimum Gasteiger partial charge on any atom is -0.282 e. The summed E-state index contributed by atoms with van der Waals surface area (Å²) in [6.07, 6.45) is 1.02. The van der Waals surface area contributed by atoms with E-state index in [1.54, 1.807) is 0 Å². The molecule has 1 aromatic rings. The summed E-state index contributed by atoms with van der Waals surface area (Å²) in [7, 11) is -4.12. The first-order valence-electron chi connectivity index (χ1n) is 6.88. The van der Waals surface area contributed by atoms with E-state index in [-0.39, 0.29) is 15.7 Å². The van der Waals surface area contributed by atoms with Crippen molar-refractivity contribution in [2.45, 2.75) is 58.8 Å². The Kier molecular flexibility index (Phi) is 4.72. The second-order valence-electron chi connectivity index (χ2n) is 7.73. The lowest BCUT2D eigenvalue weighted by molar-refractivity contribution is 0.229. The lowest BCUT2D eigenvalue weighted by Crippen LogP contribution is -2.23. The topological polar surface area (TPSA) is 54.4 Å². The Morgan fingerprint density at radius 2 is 1.45 bits per heavy atom. The van der Waals surface area contributed by atoms with Gasteiger partial charge in [0.05, 0.1) is 4.90 Å². The van der Waals surface area contributed by atoms with Crippen LogP contribution in [0.1, 0.15) is 59.4 Å². The minimum absolute atomic E-state index is 0.0512. The van der Waals surface area contributed by atoms with E-state index in [1.165, 1.54) is 12.1 Å². The van der Waals surface area contributed by atoms with Crippen LogP contribution in [0, 0.1) is 10.8 Å². The first-order valence-corrected chi connectivity index (χ1v) is 8.32. The average Bonchev–Trinajstić information content (AvgIpc) is 2.22. The summed E-state index contributed by atoms with van der Waals surface area (Å²) < 4.78 is 31.2. The second kappa shape index (κ2) is 5.49. The van der Waals surface area contributed by atoms with Crippen LogP contribution in [0.15, 0.2) is 29.2 Å². The Balaban J connectivity index is 3.16. The lowest BCUT2D eigenvalue weighted by atomic mass is 9.69. The molecule has 0 aliphatic carbocycles. The Hall–Kier alpha value is -0.870. The Bertz CT molecular complexity index is 543. The highest BCUT2D eigenvalue weighted by Gasteiger charge is 2.30. The molecule has 1 rings (SSSR count). The molecule has 0 saturated carbocycles. The number of hydrogen-bond acceptors (Lipinski definition) is 2. The molecule has 0 amide bonds. The lowest BCUT2D eigenvalue weighted by Gasteiger charge is -2.36. The summed E-state index contributed by atoms with van der Waals surface area (Å²) in [6, 6.07) is 6.58. The normalized spacial score (nSPS) is 15.2. The van der Waals surface area contributed by atoms with E-state index in [4.69, 9.17) is 4.55 Å². The van der Waals surface area contributed by atoms with Crippen LogP contribution in [0.5, 0.6) is 0 Å². The Morgan fingerprint density at radius 3 is 1.75 bits per heavy atom. The second-order valence-corrected chi connectivity index (χ2v) is 9.15. The zero-order chi connectivity index (χ0) is 15.8. The molecule has 0 aromatic heterocycles. The third kappa shape index (κ3) is 4.91. The van der Waals surface area contributed by atoms with Crippen molar-refractivity contribution < 1.29 is 13.0 Å². The van der Waals surface area contributed by atoms with E-state index in [9.17, 15) is 8.42 Å². The van der Waals surface area contributed by atoms with Gasteiger partial charge in [0.1, 0.15) is 0 Å². The van der Waals surface area contributed by atoms with Crippen LogP contribution in [0.25, 0.3) is 0 Å². The highest BCUT2D eigenvalue weighted by molar-refractivity contribution is 7.85. The fraction of sp³-hybridized carbons (Fsp3) is 0.625. The first-order chi connectivity index (χ1) is 8.81. The summed E-state index contributed by atoms with van der Waals surface area (Å²) >= 11 is 0. The van der Waals surface area contributed by atoms with Crippen molar-refractivity contribution in [2.24, 2.45) is 10.8 Å². The van der Waals surface area contributed by atoms with Gasteiger partial charge in [-0.25, -0.2) is 0 Å². The molecule has 114 valence electrons. The standard InChI is InChI=1S/C16H26O3S/c1-15(2,3)11-14(16(4,5)6)12-7-9-13(10-8-12)20(17,18)19/h7-10,14H,11H2,1-6H3,(H,17,18,19). The summed E-state index contributed by atoms with van der Waals surface area (Å²) in [4.78, 5) is -0.0512. The maximum atomic E-state index is 11.1. The molecule has 0 spiro atoms. The molecule has 20 heavy (non-hydrogen) atoms. The van der Waals surface area contributed by atoms with Gasteiger partial charge in [-0.15, -0.1) is 0 Å². The smallest absolute Gasteiger partial charge is 0.282 e. The number of benzene rings is 1. The molecule has 4 heteroatoms. The fourth-order valence-corrected chi connectivity index (χ4v) is 2.89. The largest absolute Gasteiger partial charge is 0.294 e. The quantitative estimate of drug-likeness (QED) is 0.836. The molecule has 1 atom stereocenters. The van der Waals surface area contributed by atoms with Crippen molar-refractivity contribution in [1.82, 2.24) is 0 Å². The molecule has 0 bridgehead atoms. The maximum Gasteiger partial charge on any atom is 0.294 e. The highest BCUT2D eigenvalue weighted by Crippen LogP contribution is 2.43. The summed E-state index contributed by atoms with van der Waals surface area (Å²) in [6.45, 7) is 13.2. The maximum absolute atomic E-state index is 11.1. The van der Waals surface area contributed by atoms with Gasteiger partial charge in [-0.2, -0.15) is 8.42 Å². The van der Waals surface area contributed by atoms with E-state index < -0.39 is 10.1 Å². The summed E-state index contributed by atoms with van der Waals surface area (Å²) in [5, 5.41) is 0. The Morgan fingerprint density at radius 1 is 1.00 bits per heavy atom. The van der Waals surface area contributed by atoms with Crippen molar-refractivity contribution in [2.75, 3.05) is 0 Å². The van der Waals surface area contributed by atoms with Gasteiger partial charge in [0.15, 0.2) is 0 Å². The van der Waals surface area contributed by atoms with E-state index in [1.807, 2.05) is 12.1 Å². The molecule has 1 N–H and O–H groups in total. The summed E-state index contributed by atoms with van der Waals surface area (Å²) in [5.74, 6) is 0.331. The fourth-order valence-electron chi connectivity index (χ4n) is 2.41. The average molecular weight is 298 g/mol. The van der Waals surface area contributed by atoms with Crippen LogP contribution in [0.3, 0.4) is 0 Å². The molecule has 1 aromatic carbocycles.